The zero-order valence-corrected chi connectivity index (χ0v) is 15.3. The molecule has 0 aromatic carbocycles. The van der Waals surface area contributed by atoms with Gasteiger partial charge in [-0.25, -0.2) is 0 Å². The van der Waals surface area contributed by atoms with E-state index >= 15 is 0 Å². The van der Waals surface area contributed by atoms with Gasteiger partial charge in [0.15, 0.2) is 0 Å². The third-order valence-electron chi connectivity index (χ3n) is 6.12. The highest BCUT2D eigenvalue weighted by Gasteiger charge is 2.41. The number of carbonyl (C=O) groups is 1. The number of likely N-dealkylation sites (tertiary alicyclic amines) is 1. The Morgan fingerprint density at radius 1 is 1.13 bits per heavy atom. The molecular formula is C18H33ClN2O2. The van der Waals surface area contributed by atoms with Crippen LogP contribution in [0.2, 0.25) is 0 Å². The summed E-state index contributed by atoms with van der Waals surface area (Å²) in [5.41, 5.74) is 0. The molecule has 2 aliphatic heterocycles. The Morgan fingerprint density at radius 3 is 2.57 bits per heavy atom. The van der Waals surface area contributed by atoms with Crippen LogP contribution in [0.4, 0.5) is 0 Å². The lowest BCUT2D eigenvalue weighted by Gasteiger charge is -2.31. The van der Waals surface area contributed by atoms with E-state index in [9.17, 15) is 4.79 Å². The quantitative estimate of drug-likeness (QED) is 0.796. The van der Waals surface area contributed by atoms with E-state index in [0.717, 1.165) is 38.5 Å². The maximum atomic E-state index is 12.2. The molecular weight excluding hydrogens is 312 g/mol. The van der Waals surface area contributed by atoms with Gasteiger partial charge >= 0.3 is 5.97 Å². The standard InChI is InChI=1S/C18H32N2O2.ClH/c1-22-18(21)17-10-16(15-7-3-2-4-8-15)13-20(17)12-14-6-5-9-19-11-14;/h14-17,19H,2-13H2,1H3;1H. The average Bonchev–Trinajstić information content (AvgIpc) is 3.00. The number of nitrogens with zero attached hydrogens (tertiary/aromatic N) is 1. The molecule has 4 nitrogen and oxygen atoms in total. The lowest BCUT2D eigenvalue weighted by Crippen LogP contribution is -2.43. The smallest absolute Gasteiger partial charge is 0.323 e. The summed E-state index contributed by atoms with van der Waals surface area (Å²) >= 11 is 0. The van der Waals surface area contributed by atoms with Crippen LogP contribution in [0.15, 0.2) is 0 Å². The lowest BCUT2D eigenvalue weighted by molar-refractivity contribution is -0.146. The van der Waals surface area contributed by atoms with Gasteiger partial charge in [-0.2, -0.15) is 0 Å². The monoisotopic (exact) mass is 344 g/mol. The van der Waals surface area contributed by atoms with Gasteiger partial charge in [0.1, 0.15) is 6.04 Å². The Morgan fingerprint density at radius 2 is 1.91 bits per heavy atom. The van der Waals surface area contributed by atoms with Crippen molar-refractivity contribution < 1.29 is 9.53 Å². The van der Waals surface area contributed by atoms with Crippen molar-refractivity contribution in [2.45, 2.75) is 57.4 Å². The normalized spacial score (nSPS) is 33.2. The number of hydrogen-bond acceptors (Lipinski definition) is 4. The van der Waals surface area contributed by atoms with Gasteiger partial charge in [-0.05, 0) is 50.1 Å². The molecule has 3 fully saturated rings. The number of nitrogens with one attached hydrogen (secondary N) is 1. The van der Waals surface area contributed by atoms with Crippen LogP contribution in [0.3, 0.4) is 0 Å². The first-order valence-corrected chi connectivity index (χ1v) is 9.30. The topological polar surface area (TPSA) is 41.6 Å². The van der Waals surface area contributed by atoms with Crippen LogP contribution in [-0.4, -0.2) is 50.2 Å². The molecule has 1 N–H and O–H groups in total. The van der Waals surface area contributed by atoms with Gasteiger partial charge in [-0.15, -0.1) is 12.4 Å². The number of piperidine rings is 1. The van der Waals surface area contributed by atoms with Crippen molar-refractivity contribution in [2.75, 3.05) is 33.3 Å². The Labute approximate surface area is 147 Å². The van der Waals surface area contributed by atoms with Gasteiger partial charge in [0.05, 0.1) is 7.11 Å². The summed E-state index contributed by atoms with van der Waals surface area (Å²) in [6, 6.07) is 0.0128. The minimum absolute atomic E-state index is 0. The number of ether oxygens (including phenoxy) is 1. The van der Waals surface area contributed by atoms with Crippen molar-refractivity contribution in [2.24, 2.45) is 17.8 Å². The van der Waals surface area contributed by atoms with Crippen LogP contribution in [0.5, 0.6) is 0 Å². The number of esters is 1. The summed E-state index contributed by atoms with van der Waals surface area (Å²) in [5, 5.41) is 3.50. The predicted octanol–water partition coefficient (Wildman–Crippen LogP) is 2.85. The van der Waals surface area contributed by atoms with Crippen LogP contribution in [-0.2, 0) is 9.53 Å². The SMILES string of the molecule is COC(=O)C1CC(C2CCCCC2)CN1CC1CCCNC1.Cl. The van der Waals surface area contributed by atoms with Crippen LogP contribution in [0, 0.1) is 17.8 Å². The van der Waals surface area contributed by atoms with E-state index in [1.807, 2.05) is 0 Å². The molecule has 1 aliphatic carbocycles. The van der Waals surface area contributed by atoms with E-state index in [2.05, 4.69) is 10.2 Å². The van der Waals surface area contributed by atoms with Gasteiger partial charge in [0.25, 0.3) is 0 Å². The molecule has 0 bridgehead atoms. The second-order valence-corrected chi connectivity index (χ2v) is 7.60. The molecule has 0 aromatic rings. The average molecular weight is 345 g/mol. The Kier molecular flexibility index (Phi) is 7.64. The fourth-order valence-electron chi connectivity index (χ4n) is 4.88. The largest absolute Gasteiger partial charge is 0.468 e. The highest BCUT2D eigenvalue weighted by Crippen LogP contribution is 2.38. The molecule has 0 amide bonds. The van der Waals surface area contributed by atoms with Crippen LogP contribution in [0.25, 0.3) is 0 Å². The fourth-order valence-corrected chi connectivity index (χ4v) is 4.88. The van der Waals surface area contributed by atoms with E-state index in [1.165, 1.54) is 52.1 Å². The first-order chi connectivity index (χ1) is 10.8. The fraction of sp³-hybridized carbons (Fsp3) is 0.944. The van der Waals surface area contributed by atoms with E-state index < -0.39 is 0 Å². The molecule has 1 saturated carbocycles. The van der Waals surface area contributed by atoms with Crippen molar-refractivity contribution in [3.8, 4) is 0 Å². The first-order valence-electron chi connectivity index (χ1n) is 9.30. The summed E-state index contributed by atoms with van der Waals surface area (Å²) in [4.78, 5) is 14.7. The highest BCUT2D eigenvalue weighted by molar-refractivity contribution is 5.85. The third kappa shape index (κ3) is 4.83. The van der Waals surface area contributed by atoms with Crippen molar-refractivity contribution in [1.82, 2.24) is 10.2 Å². The Hall–Kier alpha value is -0.320. The summed E-state index contributed by atoms with van der Waals surface area (Å²) in [5.74, 6) is 2.24. The molecule has 0 radical (unpaired) electrons. The number of halogens is 1. The summed E-state index contributed by atoms with van der Waals surface area (Å²) in [6.07, 6.45) is 10.5. The second kappa shape index (κ2) is 9.24. The Bertz CT molecular complexity index is 368. The van der Waals surface area contributed by atoms with E-state index in [1.54, 1.807) is 0 Å². The number of methoxy groups -OCH3 is 1. The molecule has 3 rings (SSSR count). The van der Waals surface area contributed by atoms with Crippen LogP contribution >= 0.6 is 12.4 Å². The highest BCUT2D eigenvalue weighted by atomic mass is 35.5. The predicted molar refractivity (Wildman–Crippen MR) is 94.9 cm³/mol. The number of rotatable bonds is 4. The van der Waals surface area contributed by atoms with Crippen LogP contribution < -0.4 is 5.32 Å². The first kappa shape index (κ1) is 19.0. The van der Waals surface area contributed by atoms with Gasteiger partial charge in [0.2, 0.25) is 0 Å². The van der Waals surface area contributed by atoms with Crippen molar-refractivity contribution in [3.63, 3.8) is 0 Å². The van der Waals surface area contributed by atoms with Crippen LogP contribution in [0.1, 0.15) is 51.4 Å². The number of carbonyl (C=O) groups excluding carboxylic acids is 1. The molecule has 23 heavy (non-hydrogen) atoms. The molecule has 0 spiro atoms. The minimum atomic E-state index is -0.0120. The van der Waals surface area contributed by atoms with Gasteiger partial charge in [-0.3, -0.25) is 9.69 Å². The molecule has 0 aromatic heterocycles. The minimum Gasteiger partial charge on any atom is -0.468 e. The second-order valence-electron chi connectivity index (χ2n) is 7.60. The molecule has 134 valence electrons. The van der Waals surface area contributed by atoms with Crippen molar-refractivity contribution in [1.29, 1.82) is 0 Å². The third-order valence-corrected chi connectivity index (χ3v) is 6.12. The summed E-state index contributed by atoms with van der Waals surface area (Å²) in [6.45, 7) is 4.44. The molecule has 2 saturated heterocycles. The number of hydrogen-bond donors (Lipinski definition) is 1. The maximum absolute atomic E-state index is 12.2. The summed E-state index contributed by atoms with van der Waals surface area (Å²) < 4.78 is 5.09. The zero-order valence-electron chi connectivity index (χ0n) is 14.5. The molecule has 3 atom stereocenters. The molecule has 5 heteroatoms. The lowest BCUT2D eigenvalue weighted by atomic mass is 9.79. The summed E-state index contributed by atoms with van der Waals surface area (Å²) in [7, 11) is 1.54. The molecule has 3 unspecified atom stereocenters. The van der Waals surface area contributed by atoms with E-state index in [0.29, 0.717) is 11.8 Å². The van der Waals surface area contributed by atoms with E-state index in [-0.39, 0.29) is 24.4 Å². The van der Waals surface area contributed by atoms with Gasteiger partial charge in [-0.1, -0.05) is 32.1 Å². The van der Waals surface area contributed by atoms with Crippen molar-refractivity contribution in [3.05, 3.63) is 0 Å². The van der Waals surface area contributed by atoms with Gasteiger partial charge in [0, 0.05) is 13.1 Å². The van der Waals surface area contributed by atoms with Gasteiger partial charge < -0.3 is 10.1 Å². The zero-order chi connectivity index (χ0) is 15.4. The molecule has 2 heterocycles. The Balaban J connectivity index is 0.00000192. The maximum Gasteiger partial charge on any atom is 0.323 e. The van der Waals surface area contributed by atoms with E-state index in [4.69, 9.17) is 4.74 Å². The molecule has 3 aliphatic rings. The van der Waals surface area contributed by atoms with Crippen molar-refractivity contribution >= 4 is 18.4 Å².